The van der Waals surface area contributed by atoms with Gasteiger partial charge in [0, 0.05) is 16.8 Å². The molecule has 0 spiro atoms. The Kier molecular flexibility index (Phi) is 2.60. The molecule has 2 aromatic rings. The van der Waals surface area contributed by atoms with Crippen LogP contribution in [0.4, 0.5) is 5.69 Å². The highest BCUT2D eigenvalue weighted by Crippen LogP contribution is 2.26. The number of nitrogens with two attached hydrogens (primary N) is 1. The van der Waals surface area contributed by atoms with Crippen molar-refractivity contribution in [2.75, 3.05) is 5.73 Å². The standard InChI is InChI=1S/C12H11ClN2/c1-8-11(6-15-7-12(8)14)9-2-4-10(13)5-3-9/h2-7H,14H2,1H3. The molecule has 2 nitrogen and oxygen atoms in total. The van der Waals surface area contributed by atoms with E-state index < -0.39 is 0 Å². The van der Waals surface area contributed by atoms with Crippen LogP contribution in [-0.4, -0.2) is 4.98 Å². The van der Waals surface area contributed by atoms with Crippen LogP contribution >= 0.6 is 11.6 Å². The number of pyridine rings is 1. The molecule has 1 heterocycles. The van der Waals surface area contributed by atoms with Crippen molar-refractivity contribution in [1.29, 1.82) is 0 Å². The minimum absolute atomic E-state index is 0.711. The Balaban J connectivity index is 2.54. The van der Waals surface area contributed by atoms with Crippen LogP contribution in [0.5, 0.6) is 0 Å². The van der Waals surface area contributed by atoms with Gasteiger partial charge in [0.2, 0.25) is 0 Å². The lowest BCUT2D eigenvalue weighted by Crippen LogP contribution is -1.93. The summed E-state index contributed by atoms with van der Waals surface area (Å²) in [4.78, 5) is 4.09. The van der Waals surface area contributed by atoms with Crippen molar-refractivity contribution in [2.24, 2.45) is 0 Å². The van der Waals surface area contributed by atoms with E-state index in [1.54, 1.807) is 6.20 Å². The van der Waals surface area contributed by atoms with Gasteiger partial charge in [0.1, 0.15) is 0 Å². The molecule has 1 aromatic heterocycles. The molecule has 0 aliphatic heterocycles. The Hall–Kier alpha value is -1.54. The number of aromatic nitrogens is 1. The summed E-state index contributed by atoms with van der Waals surface area (Å²) < 4.78 is 0. The van der Waals surface area contributed by atoms with Crippen LogP contribution in [0.25, 0.3) is 11.1 Å². The first-order valence-electron chi connectivity index (χ1n) is 4.64. The summed E-state index contributed by atoms with van der Waals surface area (Å²) in [7, 11) is 0. The molecule has 15 heavy (non-hydrogen) atoms. The molecular formula is C12H11ClN2. The Morgan fingerprint density at radius 3 is 2.47 bits per heavy atom. The first-order valence-corrected chi connectivity index (χ1v) is 5.02. The molecule has 1 aromatic carbocycles. The number of hydrogen-bond acceptors (Lipinski definition) is 2. The second kappa shape index (κ2) is 3.91. The van der Waals surface area contributed by atoms with E-state index in [1.165, 1.54) is 0 Å². The molecule has 3 heteroatoms. The van der Waals surface area contributed by atoms with E-state index in [0.717, 1.165) is 21.7 Å². The molecule has 0 radical (unpaired) electrons. The van der Waals surface area contributed by atoms with Crippen LogP contribution in [-0.2, 0) is 0 Å². The van der Waals surface area contributed by atoms with E-state index in [-0.39, 0.29) is 0 Å². The molecule has 0 bridgehead atoms. The molecule has 0 saturated carbocycles. The Bertz CT molecular complexity index is 477. The first-order chi connectivity index (χ1) is 7.18. The highest BCUT2D eigenvalue weighted by Gasteiger charge is 2.04. The maximum absolute atomic E-state index is 5.83. The summed E-state index contributed by atoms with van der Waals surface area (Å²) in [6.45, 7) is 1.99. The number of nitrogen functional groups attached to an aromatic ring is 1. The monoisotopic (exact) mass is 218 g/mol. The molecule has 0 saturated heterocycles. The molecule has 0 unspecified atom stereocenters. The Labute approximate surface area is 93.7 Å². The first kappa shape index (κ1) is 9.99. The van der Waals surface area contributed by atoms with Gasteiger partial charge in [-0.1, -0.05) is 23.7 Å². The lowest BCUT2D eigenvalue weighted by molar-refractivity contribution is 1.29. The summed E-state index contributed by atoms with van der Waals surface area (Å²) in [5.74, 6) is 0. The Morgan fingerprint density at radius 1 is 1.13 bits per heavy atom. The van der Waals surface area contributed by atoms with Crippen molar-refractivity contribution in [3.63, 3.8) is 0 Å². The summed E-state index contributed by atoms with van der Waals surface area (Å²) in [6.07, 6.45) is 3.48. The maximum atomic E-state index is 5.83. The van der Waals surface area contributed by atoms with Gasteiger partial charge in [0.15, 0.2) is 0 Å². The van der Waals surface area contributed by atoms with Gasteiger partial charge in [-0.05, 0) is 30.2 Å². The number of rotatable bonds is 1. The summed E-state index contributed by atoms with van der Waals surface area (Å²) in [6, 6.07) is 7.65. The van der Waals surface area contributed by atoms with Gasteiger partial charge in [-0.25, -0.2) is 0 Å². The molecule has 2 N–H and O–H groups in total. The van der Waals surface area contributed by atoms with E-state index in [0.29, 0.717) is 5.69 Å². The number of halogens is 1. The summed E-state index contributed by atoms with van der Waals surface area (Å²) >= 11 is 5.83. The fraction of sp³-hybridized carbons (Fsp3) is 0.0833. The number of nitrogens with zero attached hydrogens (tertiary/aromatic N) is 1. The van der Waals surface area contributed by atoms with Crippen molar-refractivity contribution < 1.29 is 0 Å². The zero-order valence-electron chi connectivity index (χ0n) is 8.37. The fourth-order valence-electron chi connectivity index (χ4n) is 1.46. The SMILES string of the molecule is Cc1c(N)cncc1-c1ccc(Cl)cc1. The lowest BCUT2D eigenvalue weighted by atomic mass is 10.0. The van der Waals surface area contributed by atoms with Crippen LogP contribution in [0.15, 0.2) is 36.7 Å². The third-order valence-corrected chi connectivity index (χ3v) is 2.66. The van der Waals surface area contributed by atoms with Crippen molar-refractivity contribution in [1.82, 2.24) is 4.98 Å². The lowest BCUT2D eigenvalue weighted by Gasteiger charge is -2.07. The topological polar surface area (TPSA) is 38.9 Å². The molecular weight excluding hydrogens is 208 g/mol. The van der Waals surface area contributed by atoms with E-state index in [9.17, 15) is 0 Å². The normalized spacial score (nSPS) is 10.3. The highest BCUT2D eigenvalue weighted by atomic mass is 35.5. The average Bonchev–Trinajstić information content (AvgIpc) is 2.24. The van der Waals surface area contributed by atoms with Crippen LogP contribution in [0.2, 0.25) is 5.02 Å². The van der Waals surface area contributed by atoms with Gasteiger partial charge in [-0.15, -0.1) is 0 Å². The highest BCUT2D eigenvalue weighted by molar-refractivity contribution is 6.30. The van der Waals surface area contributed by atoms with Gasteiger partial charge in [0.25, 0.3) is 0 Å². The summed E-state index contributed by atoms with van der Waals surface area (Å²) in [5.41, 5.74) is 9.69. The van der Waals surface area contributed by atoms with E-state index >= 15 is 0 Å². The largest absolute Gasteiger partial charge is 0.397 e. The zero-order chi connectivity index (χ0) is 10.8. The molecule has 0 aliphatic rings. The predicted octanol–water partition coefficient (Wildman–Crippen LogP) is 3.29. The minimum Gasteiger partial charge on any atom is -0.397 e. The Morgan fingerprint density at radius 2 is 1.80 bits per heavy atom. The molecule has 0 fully saturated rings. The van der Waals surface area contributed by atoms with Gasteiger partial charge in [-0.2, -0.15) is 0 Å². The molecule has 76 valence electrons. The van der Waals surface area contributed by atoms with Crippen LogP contribution in [0, 0.1) is 6.92 Å². The van der Waals surface area contributed by atoms with Crippen LogP contribution < -0.4 is 5.73 Å². The van der Waals surface area contributed by atoms with E-state index in [4.69, 9.17) is 17.3 Å². The zero-order valence-corrected chi connectivity index (χ0v) is 9.12. The third kappa shape index (κ3) is 1.95. The molecule has 0 atom stereocenters. The fourth-order valence-corrected chi connectivity index (χ4v) is 1.59. The quantitative estimate of drug-likeness (QED) is 0.798. The maximum Gasteiger partial charge on any atom is 0.0536 e. The summed E-state index contributed by atoms with van der Waals surface area (Å²) in [5, 5.41) is 0.730. The smallest absolute Gasteiger partial charge is 0.0536 e. The second-order valence-corrected chi connectivity index (χ2v) is 3.84. The molecule has 0 amide bonds. The van der Waals surface area contributed by atoms with Crippen molar-refractivity contribution in [2.45, 2.75) is 6.92 Å². The molecule has 2 rings (SSSR count). The van der Waals surface area contributed by atoms with Gasteiger partial charge in [0.05, 0.1) is 11.9 Å². The van der Waals surface area contributed by atoms with E-state index in [2.05, 4.69) is 4.98 Å². The average molecular weight is 219 g/mol. The number of anilines is 1. The van der Waals surface area contributed by atoms with Gasteiger partial charge < -0.3 is 5.73 Å². The van der Waals surface area contributed by atoms with Crippen molar-refractivity contribution >= 4 is 17.3 Å². The van der Waals surface area contributed by atoms with Crippen LogP contribution in [0.3, 0.4) is 0 Å². The van der Waals surface area contributed by atoms with Gasteiger partial charge >= 0.3 is 0 Å². The van der Waals surface area contributed by atoms with Gasteiger partial charge in [-0.3, -0.25) is 4.98 Å². The number of hydrogen-bond donors (Lipinski definition) is 1. The third-order valence-electron chi connectivity index (χ3n) is 2.41. The predicted molar refractivity (Wildman–Crippen MR) is 63.8 cm³/mol. The minimum atomic E-state index is 0.711. The van der Waals surface area contributed by atoms with Crippen molar-refractivity contribution in [3.05, 3.63) is 47.2 Å². The van der Waals surface area contributed by atoms with Crippen LogP contribution in [0.1, 0.15) is 5.56 Å². The number of benzene rings is 1. The van der Waals surface area contributed by atoms with E-state index in [1.807, 2.05) is 37.4 Å². The second-order valence-electron chi connectivity index (χ2n) is 3.41. The van der Waals surface area contributed by atoms with Crippen molar-refractivity contribution in [3.8, 4) is 11.1 Å². The molecule has 0 aliphatic carbocycles.